The van der Waals surface area contributed by atoms with Gasteiger partial charge in [-0.15, -0.1) is 0 Å². The summed E-state index contributed by atoms with van der Waals surface area (Å²) in [6.07, 6.45) is 2.12. The Labute approximate surface area is 67.6 Å². The highest BCUT2D eigenvalue weighted by Gasteiger charge is 2.60. The third-order valence-electron chi connectivity index (χ3n) is 3.43. The number of hydrogen-bond acceptors (Lipinski definition) is 2. The lowest BCUT2D eigenvalue weighted by atomic mass is 9.70. The van der Waals surface area contributed by atoms with Crippen molar-refractivity contribution in [3.05, 3.63) is 0 Å². The molecular weight excluding hydrogens is 140 g/mol. The average Bonchev–Trinajstić information content (AvgIpc) is 2.36. The average molecular weight is 156 g/mol. The van der Waals surface area contributed by atoms with E-state index in [4.69, 9.17) is 4.74 Å². The fourth-order valence-corrected chi connectivity index (χ4v) is 2.55. The van der Waals surface area contributed by atoms with Crippen molar-refractivity contribution in [1.29, 1.82) is 0 Å². The van der Waals surface area contributed by atoms with E-state index in [9.17, 15) is 5.11 Å². The van der Waals surface area contributed by atoms with Crippen molar-refractivity contribution >= 4 is 0 Å². The van der Waals surface area contributed by atoms with Crippen molar-refractivity contribution in [2.24, 2.45) is 5.41 Å². The van der Waals surface area contributed by atoms with E-state index >= 15 is 0 Å². The largest absolute Gasteiger partial charge is 0.389 e. The van der Waals surface area contributed by atoms with Gasteiger partial charge in [0.1, 0.15) is 0 Å². The first-order valence-electron chi connectivity index (χ1n) is 4.33. The Bertz CT molecular complexity index is 183. The molecule has 2 nitrogen and oxygen atoms in total. The fraction of sp³-hybridized carbons (Fsp3) is 1.00. The standard InChI is InChI=1S/C9H16O2/c1-8(2)6-4-5-9(3,11-6)7(8)10/h6-7,10H,4-5H2,1-3H3/t6-,7-,9+/m0/s1. The first-order chi connectivity index (χ1) is 4.97. The SMILES string of the molecule is CC1(C)[C@@H]2CC[C@@](C)(O2)[C@H]1O. The second-order valence-electron chi connectivity index (χ2n) is 4.68. The Kier molecular flexibility index (Phi) is 1.24. The van der Waals surface area contributed by atoms with Crippen molar-refractivity contribution in [3.63, 3.8) is 0 Å². The Morgan fingerprint density at radius 1 is 1.36 bits per heavy atom. The maximum absolute atomic E-state index is 9.88. The molecule has 2 aliphatic heterocycles. The van der Waals surface area contributed by atoms with Crippen LogP contribution in [-0.2, 0) is 4.74 Å². The van der Waals surface area contributed by atoms with Crippen LogP contribution in [0.5, 0.6) is 0 Å². The first-order valence-corrected chi connectivity index (χ1v) is 4.33. The third-order valence-corrected chi connectivity index (χ3v) is 3.43. The predicted molar refractivity (Wildman–Crippen MR) is 42.3 cm³/mol. The molecule has 2 fully saturated rings. The van der Waals surface area contributed by atoms with Crippen LogP contribution in [0.3, 0.4) is 0 Å². The molecule has 2 heteroatoms. The van der Waals surface area contributed by atoms with Crippen LogP contribution >= 0.6 is 0 Å². The van der Waals surface area contributed by atoms with Crippen LogP contribution in [-0.4, -0.2) is 22.9 Å². The number of aliphatic hydroxyl groups is 1. The molecule has 0 aromatic heterocycles. The van der Waals surface area contributed by atoms with Crippen molar-refractivity contribution in [2.45, 2.75) is 51.4 Å². The second kappa shape index (κ2) is 1.80. The van der Waals surface area contributed by atoms with E-state index in [0.29, 0.717) is 0 Å². The van der Waals surface area contributed by atoms with Crippen molar-refractivity contribution in [2.75, 3.05) is 0 Å². The number of hydrogen-bond donors (Lipinski definition) is 1. The molecule has 0 aliphatic carbocycles. The van der Waals surface area contributed by atoms with Crippen molar-refractivity contribution in [3.8, 4) is 0 Å². The molecule has 0 aromatic rings. The predicted octanol–water partition coefficient (Wildman–Crippen LogP) is 1.32. The molecule has 0 saturated carbocycles. The smallest absolute Gasteiger partial charge is 0.0923 e. The Hall–Kier alpha value is -0.0800. The molecule has 0 radical (unpaired) electrons. The summed E-state index contributed by atoms with van der Waals surface area (Å²) in [5, 5.41) is 9.88. The zero-order valence-electron chi connectivity index (χ0n) is 7.42. The molecule has 11 heavy (non-hydrogen) atoms. The van der Waals surface area contributed by atoms with E-state index in [0.717, 1.165) is 12.8 Å². The van der Waals surface area contributed by atoms with Gasteiger partial charge in [0.2, 0.25) is 0 Å². The minimum Gasteiger partial charge on any atom is -0.389 e. The van der Waals surface area contributed by atoms with Gasteiger partial charge in [-0.25, -0.2) is 0 Å². The Morgan fingerprint density at radius 3 is 2.27 bits per heavy atom. The maximum atomic E-state index is 9.88. The number of aliphatic hydroxyl groups excluding tert-OH is 1. The zero-order valence-corrected chi connectivity index (χ0v) is 7.42. The lowest BCUT2D eigenvalue weighted by Gasteiger charge is -2.35. The van der Waals surface area contributed by atoms with E-state index in [-0.39, 0.29) is 23.2 Å². The van der Waals surface area contributed by atoms with Crippen molar-refractivity contribution in [1.82, 2.24) is 0 Å². The van der Waals surface area contributed by atoms with Gasteiger partial charge in [-0.05, 0) is 19.8 Å². The minimum absolute atomic E-state index is 0.0347. The summed E-state index contributed by atoms with van der Waals surface area (Å²) in [4.78, 5) is 0. The molecule has 0 amide bonds. The quantitative estimate of drug-likeness (QED) is 0.573. The highest BCUT2D eigenvalue weighted by Crippen LogP contribution is 2.53. The van der Waals surface area contributed by atoms with Crippen LogP contribution in [0.15, 0.2) is 0 Å². The summed E-state index contributed by atoms with van der Waals surface area (Å²) >= 11 is 0. The van der Waals surface area contributed by atoms with Gasteiger partial charge in [-0.2, -0.15) is 0 Å². The molecular formula is C9H16O2. The number of rotatable bonds is 0. The monoisotopic (exact) mass is 156 g/mol. The second-order valence-corrected chi connectivity index (χ2v) is 4.68. The number of fused-ring (bicyclic) bond motifs is 2. The first kappa shape index (κ1) is 7.56. The molecule has 64 valence electrons. The molecule has 2 rings (SSSR count). The van der Waals surface area contributed by atoms with E-state index in [2.05, 4.69) is 13.8 Å². The molecule has 2 heterocycles. The number of ether oxygens (including phenoxy) is 1. The van der Waals surface area contributed by atoms with Crippen LogP contribution in [0.2, 0.25) is 0 Å². The maximum Gasteiger partial charge on any atom is 0.0923 e. The van der Waals surface area contributed by atoms with Gasteiger partial charge in [0, 0.05) is 5.41 Å². The lowest BCUT2D eigenvalue weighted by Crippen LogP contribution is -2.45. The topological polar surface area (TPSA) is 29.5 Å². The summed E-state index contributed by atoms with van der Waals surface area (Å²) < 4.78 is 5.74. The van der Waals surface area contributed by atoms with E-state index in [1.165, 1.54) is 0 Å². The Balaban J connectivity index is 2.34. The molecule has 0 spiro atoms. The fourth-order valence-electron chi connectivity index (χ4n) is 2.55. The normalized spacial score (nSPS) is 53.5. The van der Waals surface area contributed by atoms with Crippen LogP contribution in [0.4, 0.5) is 0 Å². The van der Waals surface area contributed by atoms with Gasteiger partial charge in [-0.3, -0.25) is 0 Å². The van der Waals surface area contributed by atoms with E-state index in [1.807, 2.05) is 6.92 Å². The van der Waals surface area contributed by atoms with Gasteiger partial charge in [0.05, 0.1) is 17.8 Å². The highest BCUT2D eigenvalue weighted by molar-refractivity contribution is 5.09. The molecule has 2 aliphatic rings. The van der Waals surface area contributed by atoms with Crippen LogP contribution in [0.1, 0.15) is 33.6 Å². The summed E-state index contributed by atoms with van der Waals surface area (Å²) in [6, 6.07) is 0. The van der Waals surface area contributed by atoms with Gasteiger partial charge in [0.25, 0.3) is 0 Å². The van der Waals surface area contributed by atoms with Gasteiger partial charge >= 0.3 is 0 Å². The lowest BCUT2D eigenvalue weighted by molar-refractivity contribution is -0.0366. The van der Waals surface area contributed by atoms with Crippen LogP contribution in [0.25, 0.3) is 0 Å². The van der Waals surface area contributed by atoms with Crippen LogP contribution < -0.4 is 0 Å². The highest BCUT2D eigenvalue weighted by atomic mass is 16.5. The Morgan fingerprint density at radius 2 is 2.00 bits per heavy atom. The van der Waals surface area contributed by atoms with Crippen LogP contribution in [0, 0.1) is 5.41 Å². The summed E-state index contributed by atoms with van der Waals surface area (Å²) in [6.45, 7) is 6.20. The molecule has 3 atom stereocenters. The van der Waals surface area contributed by atoms with Crippen molar-refractivity contribution < 1.29 is 9.84 Å². The third kappa shape index (κ3) is 0.744. The summed E-state index contributed by atoms with van der Waals surface area (Å²) in [5.41, 5.74) is -0.277. The van der Waals surface area contributed by atoms with E-state index in [1.54, 1.807) is 0 Å². The summed E-state index contributed by atoms with van der Waals surface area (Å²) in [7, 11) is 0. The molecule has 0 unspecified atom stereocenters. The molecule has 1 N–H and O–H groups in total. The molecule has 0 aromatic carbocycles. The summed E-state index contributed by atoms with van der Waals surface area (Å²) in [5.74, 6) is 0. The van der Waals surface area contributed by atoms with Gasteiger partial charge in [0.15, 0.2) is 0 Å². The molecule has 2 saturated heterocycles. The van der Waals surface area contributed by atoms with E-state index < -0.39 is 0 Å². The van der Waals surface area contributed by atoms with Gasteiger partial charge < -0.3 is 9.84 Å². The minimum atomic E-state index is -0.284. The molecule has 2 bridgehead atoms. The van der Waals surface area contributed by atoms with Gasteiger partial charge in [-0.1, -0.05) is 13.8 Å². The zero-order chi connectivity index (χ0) is 8.28.